The molecule has 2 aromatic rings. The molecule has 2 aromatic carbocycles. The maximum absolute atomic E-state index is 12.8. The standard InChI is InChI=1S/C13H10FNO3/c1-18-11-6-7-12(13(8-11)15(16)17)9-2-4-10(14)5-3-9/h2-8H,1H3. The fourth-order valence-corrected chi connectivity index (χ4v) is 1.66. The first-order valence-electron chi connectivity index (χ1n) is 5.20. The summed E-state index contributed by atoms with van der Waals surface area (Å²) in [6, 6.07) is 10.1. The first-order chi connectivity index (χ1) is 8.61. The molecule has 2 rings (SSSR count). The molecule has 0 N–H and O–H groups in total. The maximum Gasteiger partial charge on any atom is 0.280 e. The van der Waals surface area contributed by atoms with Crippen LogP contribution < -0.4 is 4.74 Å². The van der Waals surface area contributed by atoms with E-state index in [4.69, 9.17) is 4.74 Å². The summed E-state index contributed by atoms with van der Waals surface area (Å²) in [5.74, 6) is 0.0301. The molecule has 0 saturated carbocycles. The predicted octanol–water partition coefficient (Wildman–Crippen LogP) is 3.41. The number of hydrogen-bond acceptors (Lipinski definition) is 3. The number of hydrogen-bond donors (Lipinski definition) is 0. The summed E-state index contributed by atoms with van der Waals surface area (Å²) in [7, 11) is 1.44. The van der Waals surface area contributed by atoms with Crippen LogP contribution in [-0.4, -0.2) is 12.0 Å². The first-order valence-corrected chi connectivity index (χ1v) is 5.20. The van der Waals surface area contributed by atoms with Gasteiger partial charge in [0.15, 0.2) is 0 Å². The van der Waals surface area contributed by atoms with Gasteiger partial charge in [-0.15, -0.1) is 0 Å². The Labute approximate surface area is 103 Å². The van der Waals surface area contributed by atoms with Gasteiger partial charge in [-0.05, 0) is 29.8 Å². The molecule has 18 heavy (non-hydrogen) atoms. The van der Waals surface area contributed by atoms with E-state index in [0.717, 1.165) is 0 Å². The van der Waals surface area contributed by atoms with Gasteiger partial charge in [0.1, 0.15) is 11.6 Å². The van der Waals surface area contributed by atoms with Crippen LogP contribution in [0.25, 0.3) is 11.1 Å². The van der Waals surface area contributed by atoms with Crippen LogP contribution in [0.2, 0.25) is 0 Å². The van der Waals surface area contributed by atoms with Crippen LogP contribution in [0.5, 0.6) is 5.75 Å². The molecule has 0 fully saturated rings. The number of ether oxygens (including phenoxy) is 1. The van der Waals surface area contributed by atoms with E-state index in [1.807, 2.05) is 0 Å². The van der Waals surface area contributed by atoms with E-state index in [1.165, 1.54) is 37.4 Å². The Bertz CT molecular complexity index is 581. The van der Waals surface area contributed by atoms with Crippen LogP contribution in [-0.2, 0) is 0 Å². The van der Waals surface area contributed by atoms with Gasteiger partial charge in [0, 0.05) is 0 Å². The Morgan fingerprint density at radius 2 is 1.83 bits per heavy atom. The molecule has 0 unspecified atom stereocenters. The Hall–Kier alpha value is -2.43. The van der Waals surface area contributed by atoms with Crippen molar-refractivity contribution in [1.29, 1.82) is 0 Å². The molecule has 4 nitrogen and oxygen atoms in total. The van der Waals surface area contributed by atoms with Gasteiger partial charge in [0.2, 0.25) is 0 Å². The van der Waals surface area contributed by atoms with E-state index < -0.39 is 4.92 Å². The van der Waals surface area contributed by atoms with Gasteiger partial charge in [-0.25, -0.2) is 4.39 Å². The zero-order valence-electron chi connectivity index (χ0n) is 9.59. The molecular weight excluding hydrogens is 237 g/mol. The van der Waals surface area contributed by atoms with Crippen LogP contribution in [0.1, 0.15) is 0 Å². The molecule has 0 heterocycles. The molecule has 0 amide bonds. The van der Waals surface area contributed by atoms with Crippen LogP contribution >= 0.6 is 0 Å². The Morgan fingerprint density at radius 3 is 2.39 bits per heavy atom. The van der Waals surface area contributed by atoms with Gasteiger partial charge in [0.05, 0.1) is 23.7 Å². The van der Waals surface area contributed by atoms with Crippen molar-refractivity contribution in [2.75, 3.05) is 7.11 Å². The minimum Gasteiger partial charge on any atom is -0.497 e. The molecule has 0 aromatic heterocycles. The number of nitro benzene ring substituents is 1. The topological polar surface area (TPSA) is 52.4 Å². The molecule has 0 atom stereocenters. The van der Waals surface area contributed by atoms with Gasteiger partial charge in [-0.1, -0.05) is 12.1 Å². The van der Waals surface area contributed by atoms with Crippen LogP contribution in [0, 0.1) is 15.9 Å². The van der Waals surface area contributed by atoms with Gasteiger partial charge in [-0.2, -0.15) is 0 Å². The average molecular weight is 247 g/mol. The fraction of sp³-hybridized carbons (Fsp3) is 0.0769. The van der Waals surface area contributed by atoms with Crippen molar-refractivity contribution in [3.8, 4) is 16.9 Å². The Balaban J connectivity index is 2.56. The predicted molar refractivity (Wildman–Crippen MR) is 65.0 cm³/mol. The van der Waals surface area contributed by atoms with Crippen molar-refractivity contribution in [3.63, 3.8) is 0 Å². The molecule has 0 aliphatic carbocycles. The van der Waals surface area contributed by atoms with Gasteiger partial charge in [0.25, 0.3) is 5.69 Å². The molecule has 0 saturated heterocycles. The van der Waals surface area contributed by atoms with E-state index in [9.17, 15) is 14.5 Å². The van der Waals surface area contributed by atoms with Crippen molar-refractivity contribution < 1.29 is 14.1 Å². The van der Waals surface area contributed by atoms with E-state index in [-0.39, 0.29) is 11.5 Å². The van der Waals surface area contributed by atoms with Crippen molar-refractivity contribution in [3.05, 3.63) is 58.4 Å². The maximum atomic E-state index is 12.8. The van der Waals surface area contributed by atoms with E-state index >= 15 is 0 Å². The third kappa shape index (κ3) is 2.29. The fourth-order valence-electron chi connectivity index (χ4n) is 1.66. The second-order valence-electron chi connectivity index (χ2n) is 3.65. The first kappa shape index (κ1) is 12.0. The van der Waals surface area contributed by atoms with Gasteiger partial charge in [-0.3, -0.25) is 10.1 Å². The monoisotopic (exact) mass is 247 g/mol. The molecule has 0 spiro atoms. The normalized spacial score (nSPS) is 10.1. The number of nitrogens with zero attached hydrogens (tertiary/aromatic N) is 1. The van der Waals surface area contributed by atoms with Crippen LogP contribution in [0.4, 0.5) is 10.1 Å². The Morgan fingerprint density at radius 1 is 1.17 bits per heavy atom. The summed E-state index contributed by atoms with van der Waals surface area (Å²) < 4.78 is 17.8. The lowest BCUT2D eigenvalue weighted by Gasteiger charge is -2.05. The van der Waals surface area contributed by atoms with E-state index in [2.05, 4.69) is 0 Å². The molecular formula is C13H10FNO3. The number of benzene rings is 2. The summed E-state index contributed by atoms with van der Waals surface area (Å²) >= 11 is 0. The lowest BCUT2D eigenvalue weighted by molar-refractivity contribution is -0.384. The number of rotatable bonds is 3. The van der Waals surface area contributed by atoms with E-state index in [1.54, 1.807) is 12.1 Å². The summed E-state index contributed by atoms with van der Waals surface area (Å²) in [6.45, 7) is 0. The third-order valence-electron chi connectivity index (χ3n) is 2.56. The van der Waals surface area contributed by atoms with Gasteiger partial charge >= 0.3 is 0 Å². The lowest BCUT2D eigenvalue weighted by atomic mass is 10.0. The van der Waals surface area contributed by atoms with Crippen molar-refractivity contribution in [1.82, 2.24) is 0 Å². The number of halogens is 1. The van der Waals surface area contributed by atoms with E-state index in [0.29, 0.717) is 16.9 Å². The molecule has 0 aliphatic rings. The largest absolute Gasteiger partial charge is 0.497 e. The minimum absolute atomic E-state index is 0.0686. The zero-order chi connectivity index (χ0) is 13.1. The summed E-state index contributed by atoms with van der Waals surface area (Å²) in [4.78, 5) is 10.5. The minimum atomic E-state index is -0.485. The highest BCUT2D eigenvalue weighted by molar-refractivity contribution is 5.74. The average Bonchev–Trinajstić information content (AvgIpc) is 2.39. The second kappa shape index (κ2) is 4.83. The van der Waals surface area contributed by atoms with Crippen molar-refractivity contribution in [2.45, 2.75) is 0 Å². The summed E-state index contributed by atoms with van der Waals surface area (Å²) in [5.41, 5.74) is 0.951. The highest BCUT2D eigenvalue weighted by Crippen LogP contribution is 2.32. The quantitative estimate of drug-likeness (QED) is 0.617. The smallest absolute Gasteiger partial charge is 0.280 e. The van der Waals surface area contributed by atoms with Crippen molar-refractivity contribution >= 4 is 5.69 Å². The SMILES string of the molecule is COc1ccc(-c2ccc(F)cc2)c([N+](=O)[O-])c1. The van der Waals surface area contributed by atoms with Gasteiger partial charge < -0.3 is 4.74 Å². The summed E-state index contributed by atoms with van der Waals surface area (Å²) in [6.07, 6.45) is 0. The van der Waals surface area contributed by atoms with Crippen LogP contribution in [0.3, 0.4) is 0 Å². The third-order valence-corrected chi connectivity index (χ3v) is 2.56. The van der Waals surface area contributed by atoms with Crippen LogP contribution in [0.15, 0.2) is 42.5 Å². The molecule has 0 aliphatic heterocycles. The highest BCUT2D eigenvalue weighted by Gasteiger charge is 2.16. The lowest BCUT2D eigenvalue weighted by Crippen LogP contribution is -1.93. The molecule has 0 bridgehead atoms. The molecule has 92 valence electrons. The zero-order valence-corrected chi connectivity index (χ0v) is 9.59. The molecule has 5 heteroatoms. The Kier molecular flexibility index (Phi) is 3.23. The number of nitro groups is 1. The number of methoxy groups -OCH3 is 1. The van der Waals surface area contributed by atoms with Crippen molar-refractivity contribution in [2.24, 2.45) is 0 Å². The summed E-state index contributed by atoms with van der Waals surface area (Å²) in [5, 5.41) is 11.0. The highest BCUT2D eigenvalue weighted by atomic mass is 19.1. The molecule has 0 radical (unpaired) electrons. The second-order valence-corrected chi connectivity index (χ2v) is 3.65.